The van der Waals surface area contributed by atoms with Gasteiger partial charge in [-0.1, -0.05) is 24.3 Å². The fourth-order valence-electron chi connectivity index (χ4n) is 4.24. The fraction of sp³-hybridized carbons (Fsp3) is 0.348. The van der Waals surface area contributed by atoms with E-state index < -0.39 is 23.8 Å². The first-order chi connectivity index (χ1) is 15.4. The standard InChI is InChI=1S/C23H25F2N3O4/c1-31-12-16-6-3-7-28(16)11-13-4-2-5-14(8-13)23(30)27-19-17-9-15(24)10-18(25)20(17)32-21(19)22(26)29/h2,4-5,8-10,16,23,27,30H,3,6-7,11-12H2,1H3,(H2,26,29)/t16-,23?/m1/s1. The molecule has 1 fully saturated rings. The Morgan fingerprint density at radius 3 is 2.94 bits per heavy atom. The third-order valence-electron chi connectivity index (χ3n) is 5.72. The lowest BCUT2D eigenvalue weighted by atomic mass is 10.1. The Balaban J connectivity index is 1.59. The minimum Gasteiger partial charge on any atom is -0.446 e. The van der Waals surface area contributed by atoms with Crippen molar-refractivity contribution in [2.75, 3.05) is 25.6 Å². The van der Waals surface area contributed by atoms with E-state index in [0.29, 0.717) is 30.8 Å². The number of aliphatic hydroxyl groups excluding tert-OH is 1. The smallest absolute Gasteiger partial charge is 0.286 e. The largest absolute Gasteiger partial charge is 0.446 e. The van der Waals surface area contributed by atoms with Gasteiger partial charge in [-0.3, -0.25) is 9.69 Å². The zero-order valence-electron chi connectivity index (χ0n) is 17.6. The summed E-state index contributed by atoms with van der Waals surface area (Å²) in [5.41, 5.74) is 6.48. The number of anilines is 1. The summed E-state index contributed by atoms with van der Waals surface area (Å²) in [6.45, 7) is 2.34. The number of hydrogen-bond acceptors (Lipinski definition) is 6. The number of ether oxygens (including phenoxy) is 1. The lowest BCUT2D eigenvalue weighted by Gasteiger charge is -2.24. The van der Waals surface area contributed by atoms with Crippen LogP contribution in [0.1, 0.15) is 40.8 Å². The minimum absolute atomic E-state index is 0.0222. The third kappa shape index (κ3) is 4.45. The highest BCUT2D eigenvalue weighted by atomic mass is 19.1. The quantitative estimate of drug-likeness (QED) is 0.459. The second kappa shape index (κ2) is 9.23. The van der Waals surface area contributed by atoms with E-state index in [4.69, 9.17) is 14.9 Å². The summed E-state index contributed by atoms with van der Waals surface area (Å²) in [6.07, 6.45) is 0.913. The van der Waals surface area contributed by atoms with Gasteiger partial charge in [0.1, 0.15) is 5.82 Å². The third-order valence-corrected chi connectivity index (χ3v) is 5.72. The van der Waals surface area contributed by atoms with Crippen LogP contribution in [0.5, 0.6) is 0 Å². The van der Waals surface area contributed by atoms with Gasteiger partial charge in [0.25, 0.3) is 5.91 Å². The first-order valence-corrected chi connectivity index (χ1v) is 10.3. The van der Waals surface area contributed by atoms with Crippen LogP contribution in [0.3, 0.4) is 0 Å². The fourth-order valence-corrected chi connectivity index (χ4v) is 4.24. The molecule has 9 heteroatoms. The van der Waals surface area contributed by atoms with Gasteiger partial charge in [-0.2, -0.15) is 0 Å². The number of likely N-dealkylation sites (tertiary alicyclic amines) is 1. The van der Waals surface area contributed by atoms with Crippen LogP contribution in [0, 0.1) is 11.6 Å². The molecule has 4 rings (SSSR count). The molecule has 2 atom stereocenters. The van der Waals surface area contributed by atoms with Crippen molar-refractivity contribution in [3.63, 3.8) is 0 Å². The van der Waals surface area contributed by atoms with Crippen molar-refractivity contribution in [1.29, 1.82) is 0 Å². The lowest BCUT2D eigenvalue weighted by molar-refractivity contribution is 0.0976. The van der Waals surface area contributed by atoms with Crippen molar-refractivity contribution in [2.24, 2.45) is 5.73 Å². The molecule has 1 aromatic heterocycles. The number of primary amides is 1. The van der Waals surface area contributed by atoms with Crippen LogP contribution in [0.4, 0.5) is 14.5 Å². The van der Waals surface area contributed by atoms with Crippen molar-refractivity contribution >= 4 is 22.6 Å². The normalized spacial score (nSPS) is 17.7. The number of nitrogens with zero attached hydrogens (tertiary/aromatic N) is 1. The van der Waals surface area contributed by atoms with Crippen LogP contribution in [-0.2, 0) is 11.3 Å². The number of carbonyl (C=O) groups excluding carboxylic acids is 1. The number of halogens is 2. The zero-order chi connectivity index (χ0) is 22.8. The molecule has 7 nitrogen and oxygen atoms in total. The SMILES string of the molecule is COC[C@H]1CCCN1Cc1cccc(C(O)Nc2c(C(N)=O)oc3c(F)cc(F)cc23)c1. The molecule has 1 aliphatic rings. The van der Waals surface area contributed by atoms with E-state index in [2.05, 4.69) is 10.2 Å². The Morgan fingerprint density at radius 2 is 2.19 bits per heavy atom. The van der Waals surface area contributed by atoms with Gasteiger partial charge >= 0.3 is 0 Å². The molecule has 1 amide bonds. The highest BCUT2D eigenvalue weighted by molar-refractivity contribution is 6.05. The number of methoxy groups -OCH3 is 1. The maximum Gasteiger partial charge on any atom is 0.286 e. The average Bonchev–Trinajstić information content (AvgIpc) is 3.33. The first kappa shape index (κ1) is 22.2. The van der Waals surface area contributed by atoms with Crippen molar-refractivity contribution in [2.45, 2.75) is 31.7 Å². The number of fused-ring (bicyclic) bond motifs is 1. The maximum absolute atomic E-state index is 14.1. The summed E-state index contributed by atoms with van der Waals surface area (Å²) in [4.78, 5) is 14.1. The topological polar surface area (TPSA) is 101 Å². The van der Waals surface area contributed by atoms with Crippen molar-refractivity contribution in [3.05, 3.63) is 64.9 Å². The number of amides is 1. The molecule has 170 valence electrons. The Labute approximate surface area is 183 Å². The van der Waals surface area contributed by atoms with Crippen LogP contribution in [-0.4, -0.2) is 42.2 Å². The second-order valence-electron chi connectivity index (χ2n) is 7.95. The van der Waals surface area contributed by atoms with E-state index in [1.165, 1.54) is 0 Å². The number of nitrogens with two attached hydrogens (primary N) is 1. The van der Waals surface area contributed by atoms with Crippen LogP contribution in [0.15, 0.2) is 40.8 Å². The van der Waals surface area contributed by atoms with E-state index in [9.17, 15) is 18.7 Å². The van der Waals surface area contributed by atoms with E-state index in [1.54, 1.807) is 13.2 Å². The molecule has 32 heavy (non-hydrogen) atoms. The predicted octanol–water partition coefficient (Wildman–Crippen LogP) is 3.52. The summed E-state index contributed by atoms with van der Waals surface area (Å²) in [6, 6.07) is 9.35. The minimum atomic E-state index is -1.27. The van der Waals surface area contributed by atoms with Crippen LogP contribution in [0.25, 0.3) is 11.0 Å². The van der Waals surface area contributed by atoms with Gasteiger partial charge in [-0.25, -0.2) is 8.78 Å². The molecule has 0 aliphatic carbocycles. The Kier molecular flexibility index (Phi) is 6.40. The highest BCUT2D eigenvalue weighted by Crippen LogP contribution is 2.35. The van der Waals surface area contributed by atoms with Gasteiger partial charge in [0.2, 0.25) is 5.76 Å². The molecular formula is C23H25F2N3O4. The average molecular weight is 445 g/mol. The molecule has 0 spiro atoms. The van der Waals surface area contributed by atoms with Crippen LogP contribution in [0.2, 0.25) is 0 Å². The second-order valence-corrected chi connectivity index (χ2v) is 7.95. The van der Waals surface area contributed by atoms with Gasteiger partial charge in [-0.05, 0) is 31.0 Å². The zero-order valence-corrected chi connectivity index (χ0v) is 17.6. The summed E-state index contributed by atoms with van der Waals surface area (Å²) in [7, 11) is 1.69. The van der Waals surface area contributed by atoms with Gasteiger partial charge in [0.05, 0.1) is 17.7 Å². The van der Waals surface area contributed by atoms with Crippen LogP contribution < -0.4 is 11.1 Å². The lowest BCUT2D eigenvalue weighted by Crippen LogP contribution is -2.32. The molecule has 0 radical (unpaired) electrons. The van der Waals surface area contributed by atoms with Crippen molar-refractivity contribution in [3.8, 4) is 0 Å². The molecular weight excluding hydrogens is 420 g/mol. The Morgan fingerprint density at radius 1 is 1.38 bits per heavy atom. The number of furan rings is 1. The van der Waals surface area contributed by atoms with Crippen molar-refractivity contribution in [1.82, 2.24) is 4.90 Å². The molecule has 2 heterocycles. The monoisotopic (exact) mass is 445 g/mol. The molecule has 4 N–H and O–H groups in total. The maximum atomic E-state index is 14.1. The van der Waals surface area contributed by atoms with Gasteiger partial charge in [0.15, 0.2) is 17.6 Å². The van der Waals surface area contributed by atoms with E-state index in [0.717, 1.165) is 31.0 Å². The molecule has 2 aromatic carbocycles. The van der Waals surface area contributed by atoms with Crippen LogP contribution >= 0.6 is 0 Å². The summed E-state index contributed by atoms with van der Waals surface area (Å²) < 4.78 is 38.4. The van der Waals surface area contributed by atoms with Gasteiger partial charge in [0, 0.05) is 31.3 Å². The Bertz CT molecular complexity index is 1130. The number of benzene rings is 2. The molecule has 0 bridgehead atoms. The molecule has 1 aliphatic heterocycles. The number of nitrogens with one attached hydrogen (secondary N) is 1. The van der Waals surface area contributed by atoms with E-state index in [-0.39, 0.29) is 22.4 Å². The number of carbonyl (C=O) groups is 1. The molecule has 0 saturated carbocycles. The van der Waals surface area contributed by atoms with Crippen molar-refractivity contribution < 1.29 is 27.8 Å². The van der Waals surface area contributed by atoms with Gasteiger partial charge in [-0.15, -0.1) is 0 Å². The number of aliphatic hydroxyl groups is 1. The van der Waals surface area contributed by atoms with E-state index >= 15 is 0 Å². The first-order valence-electron chi connectivity index (χ1n) is 10.3. The summed E-state index contributed by atoms with van der Waals surface area (Å²) >= 11 is 0. The number of rotatable bonds is 8. The highest BCUT2D eigenvalue weighted by Gasteiger charge is 2.26. The molecule has 1 saturated heterocycles. The Hall–Kier alpha value is -3.01. The predicted molar refractivity (Wildman–Crippen MR) is 115 cm³/mol. The summed E-state index contributed by atoms with van der Waals surface area (Å²) in [5, 5.41) is 13.5. The molecule has 1 unspecified atom stereocenters. The number of hydrogen-bond donors (Lipinski definition) is 3. The van der Waals surface area contributed by atoms with Gasteiger partial charge < -0.3 is 25.3 Å². The molecule has 3 aromatic rings. The summed E-state index contributed by atoms with van der Waals surface area (Å²) in [5.74, 6) is -3.17. The van der Waals surface area contributed by atoms with E-state index in [1.807, 2.05) is 18.2 Å².